The number of benzene rings is 2. The van der Waals surface area contributed by atoms with E-state index in [1.807, 2.05) is 23.9 Å². The Kier molecular flexibility index (Phi) is 5.96. The van der Waals surface area contributed by atoms with Crippen LogP contribution in [0.1, 0.15) is 31.0 Å². The van der Waals surface area contributed by atoms with Crippen LogP contribution in [0.2, 0.25) is 5.02 Å². The van der Waals surface area contributed by atoms with Crippen molar-refractivity contribution >= 4 is 23.4 Å². The van der Waals surface area contributed by atoms with Crippen molar-refractivity contribution in [3.05, 3.63) is 64.7 Å². The highest BCUT2D eigenvalue weighted by molar-refractivity contribution is 7.98. The molecule has 0 radical (unpaired) electrons. The van der Waals surface area contributed by atoms with Crippen molar-refractivity contribution < 1.29 is 0 Å². The van der Waals surface area contributed by atoms with E-state index in [9.17, 15) is 0 Å². The molecule has 1 atom stereocenters. The minimum Gasteiger partial charge on any atom is -0.310 e. The third kappa shape index (κ3) is 4.55. The molecule has 1 N–H and O–H groups in total. The number of thioether (sulfide) groups is 1. The van der Waals surface area contributed by atoms with Crippen molar-refractivity contribution in [1.82, 2.24) is 5.32 Å². The van der Waals surface area contributed by atoms with E-state index < -0.39 is 0 Å². The van der Waals surface area contributed by atoms with Gasteiger partial charge in [-0.1, -0.05) is 42.8 Å². The predicted octanol–water partition coefficient (Wildman–Crippen LogP) is 5.30. The minimum atomic E-state index is 0.412. The van der Waals surface area contributed by atoms with Gasteiger partial charge in [0.15, 0.2) is 0 Å². The number of hydrogen-bond donors (Lipinski definition) is 1. The quantitative estimate of drug-likeness (QED) is 0.727. The number of nitrogens with one attached hydrogen (secondary N) is 1. The van der Waals surface area contributed by atoms with Crippen LogP contribution in [0, 0.1) is 0 Å². The maximum atomic E-state index is 5.89. The smallest absolute Gasteiger partial charge is 0.0406 e. The summed E-state index contributed by atoms with van der Waals surface area (Å²) in [4.78, 5) is 1.30. The largest absolute Gasteiger partial charge is 0.310 e. The average Bonchev–Trinajstić information content (AvgIpc) is 2.47. The first kappa shape index (κ1) is 15.4. The van der Waals surface area contributed by atoms with Gasteiger partial charge in [-0.3, -0.25) is 0 Å². The average molecular weight is 306 g/mol. The second-order valence-corrected chi connectivity index (χ2v) is 6.25. The van der Waals surface area contributed by atoms with Crippen molar-refractivity contribution in [2.75, 3.05) is 6.54 Å². The van der Waals surface area contributed by atoms with Gasteiger partial charge in [0.2, 0.25) is 0 Å². The molecule has 3 heteroatoms. The molecule has 0 saturated carbocycles. The van der Waals surface area contributed by atoms with Gasteiger partial charge in [-0.05, 0) is 48.9 Å². The van der Waals surface area contributed by atoms with Gasteiger partial charge in [0, 0.05) is 21.7 Å². The van der Waals surface area contributed by atoms with E-state index in [2.05, 4.69) is 55.6 Å². The molecule has 2 rings (SSSR count). The molecule has 1 unspecified atom stereocenters. The zero-order valence-corrected chi connectivity index (χ0v) is 13.5. The molecule has 0 saturated heterocycles. The molecule has 1 nitrogen and oxygen atoms in total. The third-order valence-corrected chi connectivity index (χ3v) is 4.54. The van der Waals surface area contributed by atoms with Crippen LogP contribution in [-0.2, 0) is 5.75 Å². The summed E-state index contributed by atoms with van der Waals surface area (Å²) in [6, 6.07) is 17.3. The molecule has 0 fully saturated rings. The minimum absolute atomic E-state index is 0.412. The van der Waals surface area contributed by atoms with Gasteiger partial charge in [-0.15, -0.1) is 11.8 Å². The molecule has 2 aromatic rings. The summed E-state index contributed by atoms with van der Waals surface area (Å²) in [6.07, 6.45) is 0. The fourth-order valence-corrected chi connectivity index (χ4v) is 3.00. The van der Waals surface area contributed by atoms with Crippen LogP contribution >= 0.6 is 23.4 Å². The SMILES string of the molecule is CCNC(C)c1ccc(SCc2ccc(Cl)cc2)cc1. The van der Waals surface area contributed by atoms with Crippen molar-refractivity contribution in [2.45, 2.75) is 30.5 Å². The molecular weight excluding hydrogens is 286 g/mol. The van der Waals surface area contributed by atoms with Crippen LogP contribution in [0.5, 0.6) is 0 Å². The summed E-state index contributed by atoms with van der Waals surface area (Å²) in [5, 5.41) is 4.22. The van der Waals surface area contributed by atoms with Crippen LogP contribution in [0.25, 0.3) is 0 Å². The van der Waals surface area contributed by atoms with Gasteiger partial charge < -0.3 is 5.32 Å². The first-order valence-electron chi connectivity index (χ1n) is 6.89. The van der Waals surface area contributed by atoms with Gasteiger partial charge in [-0.25, -0.2) is 0 Å². The van der Waals surface area contributed by atoms with E-state index in [0.717, 1.165) is 17.3 Å². The fraction of sp³-hybridized carbons (Fsp3) is 0.294. The summed E-state index contributed by atoms with van der Waals surface area (Å²) < 4.78 is 0. The molecule has 2 aromatic carbocycles. The Morgan fingerprint density at radius 1 is 1.05 bits per heavy atom. The Hall–Kier alpha value is -0.960. The van der Waals surface area contributed by atoms with Gasteiger partial charge in [0.05, 0.1) is 0 Å². The lowest BCUT2D eigenvalue weighted by Crippen LogP contribution is -2.17. The molecule has 0 heterocycles. The van der Waals surface area contributed by atoms with Gasteiger partial charge in [-0.2, -0.15) is 0 Å². The highest BCUT2D eigenvalue weighted by Gasteiger charge is 2.03. The molecule has 0 aliphatic carbocycles. The molecular formula is C17H20ClNS. The van der Waals surface area contributed by atoms with Crippen molar-refractivity contribution in [3.8, 4) is 0 Å². The monoisotopic (exact) mass is 305 g/mol. The van der Waals surface area contributed by atoms with Gasteiger partial charge in [0.1, 0.15) is 0 Å². The van der Waals surface area contributed by atoms with Gasteiger partial charge in [0.25, 0.3) is 0 Å². The fourth-order valence-electron chi connectivity index (χ4n) is 2.02. The molecule has 0 spiro atoms. The third-order valence-electron chi connectivity index (χ3n) is 3.21. The van der Waals surface area contributed by atoms with Crippen molar-refractivity contribution in [1.29, 1.82) is 0 Å². The molecule has 0 aliphatic rings. The lowest BCUT2D eigenvalue weighted by Gasteiger charge is -2.13. The maximum Gasteiger partial charge on any atom is 0.0406 e. The molecule has 106 valence electrons. The molecule has 0 aromatic heterocycles. The Morgan fingerprint density at radius 2 is 1.70 bits per heavy atom. The van der Waals surface area contributed by atoms with Crippen molar-refractivity contribution in [3.63, 3.8) is 0 Å². The van der Waals surface area contributed by atoms with E-state index >= 15 is 0 Å². The van der Waals surface area contributed by atoms with Gasteiger partial charge >= 0.3 is 0 Å². The van der Waals surface area contributed by atoms with E-state index in [0.29, 0.717) is 6.04 Å². The number of halogens is 1. The molecule has 0 aliphatic heterocycles. The Balaban J connectivity index is 1.92. The standard InChI is InChI=1S/C17H20ClNS/c1-3-19-13(2)15-6-10-17(11-7-15)20-12-14-4-8-16(18)9-5-14/h4-11,13,19H,3,12H2,1-2H3. The van der Waals surface area contributed by atoms with E-state index in [1.165, 1.54) is 16.0 Å². The van der Waals surface area contributed by atoms with E-state index in [1.54, 1.807) is 0 Å². The normalized spacial score (nSPS) is 12.3. The lowest BCUT2D eigenvalue weighted by molar-refractivity contribution is 0.598. The van der Waals surface area contributed by atoms with Crippen LogP contribution < -0.4 is 5.32 Å². The topological polar surface area (TPSA) is 12.0 Å². The van der Waals surface area contributed by atoms with Crippen LogP contribution in [0.15, 0.2) is 53.4 Å². The number of hydrogen-bond acceptors (Lipinski definition) is 2. The Labute approximate surface area is 130 Å². The summed E-state index contributed by atoms with van der Waals surface area (Å²) in [5.74, 6) is 0.972. The number of rotatable bonds is 6. The zero-order chi connectivity index (χ0) is 14.4. The molecule has 20 heavy (non-hydrogen) atoms. The summed E-state index contributed by atoms with van der Waals surface area (Å²) in [7, 11) is 0. The summed E-state index contributed by atoms with van der Waals surface area (Å²) in [6.45, 7) is 5.32. The summed E-state index contributed by atoms with van der Waals surface area (Å²) >= 11 is 7.74. The van der Waals surface area contributed by atoms with Crippen LogP contribution in [0.4, 0.5) is 0 Å². The Morgan fingerprint density at radius 3 is 2.30 bits per heavy atom. The zero-order valence-electron chi connectivity index (χ0n) is 11.9. The van der Waals surface area contributed by atoms with E-state index in [-0.39, 0.29) is 0 Å². The highest BCUT2D eigenvalue weighted by atomic mass is 35.5. The first-order chi connectivity index (χ1) is 9.69. The van der Waals surface area contributed by atoms with E-state index in [4.69, 9.17) is 11.6 Å². The van der Waals surface area contributed by atoms with Crippen LogP contribution in [-0.4, -0.2) is 6.54 Å². The second-order valence-electron chi connectivity index (χ2n) is 4.76. The Bertz CT molecular complexity index is 522. The lowest BCUT2D eigenvalue weighted by atomic mass is 10.1. The highest BCUT2D eigenvalue weighted by Crippen LogP contribution is 2.25. The second kappa shape index (κ2) is 7.72. The molecule has 0 bridgehead atoms. The van der Waals surface area contributed by atoms with Crippen molar-refractivity contribution in [2.24, 2.45) is 0 Å². The first-order valence-corrected chi connectivity index (χ1v) is 8.26. The van der Waals surface area contributed by atoms with Crippen LogP contribution in [0.3, 0.4) is 0 Å². The predicted molar refractivity (Wildman–Crippen MR) is 89.5 cm³/mol. The summed E-state index contributed by atoms with van der Waals surface area (Å²) in [5.41, 5.74) is 2.63. The maximum absolute atomic E-state index is 5.89. The molecule has 0 amide bonds.